The van der Waals surface area contributed by atoms with E-state index in [-0.39, 0.29) is 0 Å². The summed E-state index contributed by atoms with van der Waals surface area (Å²) in [5.41, 5.74) is 5.49. The number of hydrogen-bond donors (Lipinski definition) is 0. The SMILES string of the molecule is c1ccc(-c2nc(-c3ccc4sc5cccc(-c6cccc7c6sc6ccccc67)c5c4c3)nc(-c3cccc4c3sc3ccccc34)n2)cc1. The van der Waals surface area contributed by atoms with E-state index in [4.69, 9.17) is 15.0 Å². The highest BCUT2D eigenvalue weighted by Crippen LogP contribution is 2.46. The van der Waals surface area contributed by atoms with E-state index in [1.165, 1.54) is 71.6 Å². The van der Waals surface area contributed by atoms with Crippen LogP contribution in [0.4, 0.5) is 0 Å². The van der Waals surface area contributed by atoms with Gasteiger partial charge in [-0.1, -0.05) is 109 Å². The van der Waals surface area contributed by atoms with Crippen LogP contribution in [0.2, 0.25) is 0 Å². The minimum Gasteiger partial charge on any atom is -0.208 e. The van der Waals surface area contributed by atoms with Gasteiger partial charge in [0.1, 0.15) is 0 Å². The van der Waals surface area contributed by atoms with Gasteiger partial charge in [0.25, 0.3) is 0 Å². The summed E-state index contributed by atoms with van der Waals surface area (Å²) >= 11 is 5.51. The normalized spacial score (nSPS) is 11.9. The Kier molecular flexibility index (Phi) is 6.46. The summed E-state index contributed by atoms with van der Waals surface area (Å²) in [6.45, 7) is 0. The van der Waals surface area contributed by atoms with Crippen LogP contribution in [0.25, 0.3) is 106 Å². The highest BCUT2D eigenvalue weighted by molar-refractivity contribution is 7.27. The fraction of sp³-hybridized carbons (Fsp3) is 0. The van der Waals surface area contributed by atoms with E-state index in [2.05, 4.69) is 133 Å². The second-order valence-electron chi connectivity index (χ2n) is 12.7. The fourth-order valence-electron chi connectivity index (χ4n) is 7.41. The van der Waals surface area contributed by atoms with E-state index in [1.807, 2.05) is 40.9 Å². The minimum atomic E-state index is 0.668. The Bertz CT molecular complexity index is 3150. The van der Waals surface area contributed by atoms with Crippen LogP contribution in [0.5, 0.6) is 0 Å². The van der Waals surface area contributed by atoms with Crippen LogP contribution in [0.15, 0.2) is 152 Å². The van der Waals surface area contributed by atoms with Gasteiger partial charge in [-0.05, 0) is 48.0 Å². The zero-order valence-electron chi connectivity index (χ0n) is 27.0. The molecule has 3 nitrogen and oxygen atoms in total. The molecule has 11 rings (SSSR count). The molecule has 0 radical (unpaired) electrons. The Hall–Kier alpha value is -5.79. The molecule has 0 saturated carbocycles. The zero-order chi connectivity index (χ0) is 33.5. The lowest BCUT2D eigenvalue weighted by molar-refractivity contribution is 1.08. The fourth-order valence-corrected chi connectivity index (χ4v) is 11.0. The van der Waals surface area contributed by atoms with Gasteiger partial charge in [0.2, 0.25) is 0 Å². The van der Waals surface area contributed by atoms with Gasteiger partial charge < -0.3 is 0 Å². The Balaban J connectivity index is 1.14. The third-order valence-corrected chi connectivity index (χ3v) is 13.3. The summed E-state index contributed by atoms with van der Waals surface area (Å²) in [4.78, 5) is 15.5. The Morgan fingerprint density at radius 1 is 0.314 bits per heavy atom. The lowest BCUT2D eigenvalue weighted by Gasteiger charge is -2.10. The molecular formula is C45H25N3S3. The van der Waals surface area contributed by atoms with Gasteiger partial charge in [-0.3, -0.25) is 0 Å². The molecule has 7 aromatic carbocycles. The third-order valence-electron chi connectivity index (χ3n) is 9.76. The molecule has 238 valence electrons. The van der Waals surface area contributed by atoms with Crippen molar-refractivity contribution in [3.8, 4) is 45.3 Å². The maximum Gasteiger partial charge on any atom is 0.165 e. The van der Waals surface area contributed by atoms with E-state index < -0.39 is 0 Å². The molecule has 0 spiro atoms. The number of fused-ring (bicyclic) bond motifs is 9. The first kappa shape index (κ1) is 29.0. The van der Waals surface area contributed by atoms with Crippen LogP contribution in [0.3, 0.4) is 0 Å². The first-order valence-electron chi connectivity index (χ1n) is 16.9. The van der Waals surface area contributed by atoms with Crippen LogP contribution < -0.4 is 0 Å². The topological polar surface area (TPSA) is 38.7 Å². The summed E-state index contributed by atoms with van der Waals surface area (Å²) in [6, 6.07) is 54.1. The summed E-state index contributed by atoms with van der Waals surface area (Å²) in [5.74, 6) is 2.02. The van der Waals surface area contributed by atoms with E-state index in [0.717, 1.165) is 16.7 Å². The maximum absolute atomic E-state index is 5.23. The molecule has 0 atom stereocenters. The number of rotatable bonds is 4. The van der Waals surface area contributed by atoms with Gasteiger partial charge in [-0.15, -0.1) is 34.0 Å². The van der Waals surface area contributed by atoms with E-state index in [1.54, 1.807) is 11.3 Å². The highest BCUT2D eigenvalue weighted by atomic mass is 32.1. The number of hydrogen-bond acceptors (Lipinski definition) is 6. The molecular weight excluding hydrogens is 679 g/mol. The van der Waals surface area contributed by atoms with Gasteiger partial charge in [0.15, 0.2) is 17.5 Å². The van der Waals surface area contributed by atoms with Gasteiger partial charge in [-0.2, -0.15) is 0 Å². The average molecular weight is 704 g/mol. The summed E-state index contributed by atoms with van der Waals surface area (Å²) in [7, 11) is 0. The lowest BCUT2D eigenvalue weighted by atomic mass is 9.97. The van der Waals surface area contributed by atoms with E-state index in [9.17, 15) is 0 Å². The summed E-state index contributed by atoms with van der Waals surface area (Å²) in [6.07, 6.45) is 0. The minimum absolute atomic E-state index is 0.668. The van der Waals surface area contributed by atoms with Crippen LogP contribution in [0, 0.1) is 0 Å². The van der Waals surface area contributed by atoms with E-state index >= 15 is 0 Å². The second kappa shape index (κ2) is 11.4. The van der Waals surface area contributed by atoms with Gasteiger partial charge in [-0.25, -0.2) is 15.0 Å². The van der Waals surface area contributed by atoms with Crippen LogP contribution in [0.1, 0.15) is 0 Å². The quantitative estimate of drug-likeness (QED) is 0.183. The van der Waals surface area contributed by atoms with Crippen molar-refractivity contribution in [2.45, 2.75) is 0 Å². The average Bonchev–Trinajstić information content (AvgIpc) is 3.89. The van der Waals surface area contributed by atoms with E-state index in [0.29, 0.717) is 17.5 Å². The Morgan fingerprint density at radius 2 is 0.843 bits per heavy atom. The first-order valence-corrected chi connectivity index (χ1v) is 19.3. The molecule has 6 heteroatoms. The standard InChI is InChI=1S/C45H25N3S3/c1-2-11-26(12-3-1)43-46-44(48-45(47-43)34-19-9-17-32-29-14-5-7-21-37(29)51-42(32)34)27-23-24-38-35(25-27)40-30(15-10-22-39(40)49-38)33-18-8-16-31-28-13-4-6-20-36(28)50-41(31)33/h1-25H. The molecule has 4 heterocycles. The zero-order valence-corrected chi connectivity index (χ0v) is 29.4. The van der Waals surface area contributed by atoms with Crippen molar-refractivity contribution < 1.29 is 0 Å². The van der Waals surface area contributed by atoms with Gasteiger partial charge in [0, 0.05) is 82.8 Å². The Labute approximate surface area is 304 Å². The largest absolute Gasteiger partial charge is 0.208 e. The predicted molar refractivity (Wildman–Crippen MR) is 220 cm³/mol. The first-order chi connectivity index (χ1) is 25.3. The monoisotopic (exact) mass is 703 g/mol. The number of thiophene rings is 3. The number of nitrogens with zero attached hydrogens (tertiary/aromatic N) is 3. The predicted octanol–water partition coefficient (Wildman–Crippen LogP) is 13.6. The van der Waals surface area contributed by atoms with Crippen molar-refractivity contribution >= 4 is 94.5 Å². The van der Waals surface area contributed by atoms with Gasteiger partial charge >= 0.3 is 0 Å². The summed E-state index contributed by atoms with van der Waals surface area (Å²) in [5, 5.41) is 7.60. The number of benzene rings is 7. The van der Waals surface area contributed by atoms with Crippen molar-refractivity contribution in [2.75, 3.05) is 0 Å². The highest BCUT2D eigenvalue weighted by Gasteiger charge is 2.19. The third kappa shape index (κ3) is 4.58. The smallest absolute Gasteiger partial charge is 0.165 e. The van der Waals surface area contributed by atoms with Crippen molar-refractivity contribution in [3.63, 3.8) is 0 Å². The summed E-state index contributed by atoms with van der Waals surface area (Å²) < 4.78 is 7.61. The molecule has 0 bridgehead atoms. The second-order valence-corrected chi connectivity index (χ2v) is 15.9. The molecule has 0 aliphatic carbocycles. The Morgan fingerprint density at radius 3 is 1.59 bits per heavy atom. The number of aromatic nitrogens is 3. The molecule has 0 aliphatic heterocycles. The van der Waals surface area contributed by atoms with Crippen LogP contribution >= 0.6 is 34.0 Å². The molecule has 0 aliphatic rings. The molecule has 0 N–H and O–H groups in total. The van der Waals surface area contributed by atoms with Gasteiger partial charge in [0.05, 0.1) is 0 Å². The maximum atomic E-state index is 5.23. The van der Waals surface area contributed by atoms with Crippen LogP contribution in [-0.4, -0.2) is 15.0 Å². The van der Waals surface area contributed by atoms with Crippen molar-refractivity contribution in [2.24, 2.45) is 0 Å². The molecule has 11 aromatic rings. The molecule has 0 amide bonds. The molecule has 0 saturated heterocycles. The molecule has 51 heavy (non-hydrogen) atoms. The van der Waals surface area contributed by atoms with Crippen molar-refractivity contribution in [1.29, 1.82) is 0 Å². The molecule has 0 unspecified atom stereocenters. The van der Waals surface area contributed by atoms with Crippen LogP contribution in [-0.2, 0) is 0 Å². The van der Waals surface area contributed by atoms with Crippen molar-refractivity contribution in [1.82, 2.24) is 15.0 Å². The lowest BCUT2D eigenvalue weighted by Crippen LogP contribution is -2.00. The molecule has 0 fully saturated rings. The van der Waals surface area contributed by atoms with Crippen molar-refractivity contribution in [3.05, 3.63) is 152 Å². The molecule has 4 aromatic heterocycles.